The maximum atomic E-state index is 13.6. The van der Waals surface area contributed by atoms with E-state index in [4.69, 9.17) is 43.8 Å². The van der Waals surface area contributed by atoms with Gasteiger partial charge in [0.2, 0.25) is 0 Å². The van der Waals surface area contributed by atoms with Crippen LogP contribution in [0, 0.1) is 11.4 Å². The zero-order valence-corrected chi connectivity index (χ0v) is 21.2. The van der Waals surface area contributed by atoms with E-state index in [0.717, 1.165) is 37.9 Å². The number of hydrogen-bond acceptors (Lipinski definition) is 8. The molecule has 37 heavy (non-hydrogen) atoms. The highest BCUT2D eigenvalue weighted by molar-refractivity contribution is 6.39. The van der Waals surface area contributed by atoms with E-state index in [1.807, 2.05) is 24.3 Å². The summed E-state index contributed by atoms with van der Waals surface area (Å²) < 4.78 is 11.7. The number of ether oxygens (including phenoxy) is 1. The van der Waals surface area contributed by atoms with Crippen molar-refractivity contribution < 1.29 is 14.1 Å². The molecule has 2 aliphatic carbocycles. The average molecular weight is 539 g/mol. The Bertz CT molecular complexity index is 1380. The molecule has 3 aromatic rings. The molecular weight excluding hydrogens is 515 g/mol. The number of fused-ring (bicyclic) bond motifs is 2. The number of benzene rings is 2. The first-order chi connectivity index (χ1) is 18.0. The fourth-order valence-corrected chi connectivity index (χ4v) is 6.13. The molecular formula is C26H24Cl2N6O3. The second kappa shape index (κ2) is 9.46. The molecule has 2 saturated carbocycles. The van der Waals surface area contributed by atoms with Gasteiger partial charge in [-0.25, -0.2) is 10.3 Å². The number of nitrogens with zero attached hydrogens (tertiary/aromatic N) is 4. The van der Waals surface area contributed by atoms with E-state index in [9.17, 15) is 4.79 Å². The molecule has 11 heteroatoms. The van der Waals surface area contributed by atoms with Crippen LogP contribution in [-0.2, 0) is 4.74 Å². The smallest absolute Gasteiger partial charge is 0.344 e. The van der Waals surface area contributed by atoms with E-state index < -0.39 is 5.97 Å². The lowest BCUT2D eigenvalue weighted by atomic mass is 10.0. The normalized spacial score (nSPS) is 22.9. The topological polar surface area (TPSA) is 130 Å². The van der Waals surface area contributed by atoms with Crippen LogP contribution in [0.3, 0.4) is 0 Å². The fourth-order valence-electron chi connectivity index (χ4n) is 5.55. The lowest BCUT2D eigenvalue weighted by molar-refractivity contribution is 0.0191. The Hall–Kier alpha value is -3.43. The van der Waals surface area contributed by atoms with Gasteiger partial charge in [-0.3, -0.25) is 0 Å². The Morgan fingerprint density at radius 1 is 1.14 bits per heavy atom. The Kier molecular flexibility index (Phi) is 6.12. The molecule has 0 unspecified atom stereocenters. The van der Waals surface area contributed by atoms with Crippen LogP contribution in [0.5, 0.6) is 0 Å². The summed E-state index contributed by atoms with van der Waals surface area (Å²) in [6.45, 7) is 0.783. The second-order valence-corrected chi connectivity index (χ2v) is 10.5. The molecule has 0 spiro atoms. The summed E-state index contributed by atoms with van der Waals surface area (Å²) in [7, 11) is 0. The minimum atomic E-state index is -0.435. The van der Waals surface area contributed by atoms with Crippen LogP contribution in [-0.4, -0.2) is 35.7 Å². The summed E-state index contributed by atoms with van der Waals surface area (Å²) >= 11 is 12.9. The highest BCUT2D eigenvalue weighted by Gasteiger charge is 2.47. The minimum absolute atomic E-state index is 0.163. The number of hydrogen-bond donors (Lipinski definition) is 2. The van der Waals surface area contributed by atoms with Gasteiger partial charge in [-0.15, -0.1) is 5.11 Å². The first-order valence-electron chi connectivity index (χ1n) is 12.2. The van der Waals surface area contributed by atoms with Crippen molar-refractivity contribution in [2.45, 2.75) is 43.7 Å². The van der Waals surface area contributed by atoms with Crippen LogP contribution < -0.4 is 10.7 Å². The molecule has 1 aromatic heterocycles. The van der Waals surface area contributed by atoms with Crippen molar-refractivity contribution in [1.82, 2.24) is 5.16 Å². The molecule has 0 radical (unpaired) electrons. The molecule has 3 aliphatic rings. The van der Waals surface area contributed by atoms with Crippen LogP contribution in [0.2, 0.25) is 10.0 Å². The van der Waals surface area contributed by atoms with Gasteiger partial charge in [0.25, 0.3) is 0 Å². The molecule has 0 amide bonds. The van der Waals surface area contributed by atoms with Crippen molar-refractivity contribution >= 4 is 40.7 Å². The summed E-state index contributed by atoms with van der Waals surface area (Å²) in [6.07, 6.45) is 3.38. The Morgan fingerprint density at radius 3 is 2.46 bits per heavy atom. The number of amidine groups is 1. The third kappa shape index (κ3) is 4.26. The summed E-state index contributed by atoms with van der Waals surface area (Å²) in [5.74, 6) is 5.98. The van der Waals surface area contributed by atoms with Gasteiger partial charge in [-0.05, 0) is 55.7 Å². The van der Waals surface area contributed by atoms with Crippen LogP contribution in [0.4, 0.5) is 5.69 Å². The van der Waals surface area contributed by atoms with Gasteiger partial charge >= 0.3 is 5.97 Å². The molecule has 1 saturated heterocycles. The minimum Gasteiger partial charge on any atom is -0.458 e. The van der Waals surface area contributed by atoms with E-state index in [1.165, 1.54) is 0 Å². The van der Waals surface area contributed by atoms with Crippen LogP contribution in [0.15, 0.2) is 57.2 Å². The van der Waals surface area contributed by atoms with Gasteiger partial charge < -0.3 is 20.0 Å². The molecule has 190 valence electrons. The predicted octanol–water partition coefficient (Wildman–Crippen LogP) is 6.00. The van der Waals surface area contributed by atoms with Crippen LogP contribution in [0.25, 0.3) is 11.3 Å². The number of rotatable bonds is 6. The lowest BCUT2D eigenvalue weighted by Gasteiger charge is -2.33. The van der Waals surface area contributed by atoms with Crippen molar-refractivity contribution in [2.75, 3.05) is 11.4 Å². The summed E-state index contributed by atoms with van der Waals surface area (Å²) in [5, 5.41) is 11.9. The van der Waals surface area contributed by atoms with Crippen molar-refractivity contribution in [1.29, 1.82) is 5.53 Å². The highest BCUT2D eigenvalue weighted by atomic mass is 35.5. The number of anilines is 1. The van der Waals surface area contributed by atoms with Crippen molar-refractivity contribution in [2.24, 2.45) is 22.0 Å². The number of halogens is 2. The third-order valence-corrected chi connectivity index (χ3v) is 8.12. The number of piperidine rings is 1. The number of hydrazone groups is 1. The van der Waals surface area contributed by atoms with Crippen molar-refractivity contribution in [3.05, 3.63) is 69.4 Å². The maximum Gasteiger partial charge on any atom is 0.344 e. The van der Waals surface area contributed by atoms with Crippen LogP contribution in [0.1, 0.15) is 53.3 Å². The molecule has 2 heterocycles. The van der Waals surface area contributed by atoms with E-state index in [0.29, 0.717) is 38.2 Å². The molecule has 9 nitrogen and oxygen atoms in total. The molecule has 3 fully saturated rings. The lowest BCUT2D eigenvalue weighted by Crippen LogP contribution is -2.39. The monoisotopic (exact) mass is 538 g/mol. The largest absolute Gasteiger partial charge is 0.458 e. The van der Waals surface area contributed by atoms with Crippen molar-refractivity contribution in [3.8, 4) is 11.3 Å². The Balaban J connectivity index is 1.20. The summed E-state index contributed by atoms with van der Waals surface area (Å²) in [6, 6.07) is 13.1. The van der Waals surface area contributed by atoms with Gasteiger partial charge in [0.05, 0.1) is 10.0 Å². The van der Waals surface area contributed by atoms with Gasteiger partial charge in [-0.1, -0.05) is 34.4 Å². The van der Waals surface area contributed by atoms with Gasteiger partial charge in [0.15, 0.2) is 11.6 Å². The number of aromatic nitrogens is 1. The Labute approximate surface area is 223 Å². The molecule has 3 atom stereocenters. The van der Waals surface area contributed by atoms with Gasteiger partial charge in [-0.2, -0.15) is 5.10 Å². The third-order valence-electron chi connectivity index (χ3n) is 7.49. The standard InChI is InChI=1S/C26H24Cl2N6O3/c27-18-2-1-3-19(28)21(18)23-22(24(37-33-23)13-4-5-13)26(35)36-20-11-17-10-15(20)12-34(17)16-8-6-14(7-9-16)25(31-29)32-30/h1-3,6-9,13,15,17,20,29H,4-5,10-12,30H2/b31-29?,32-25-/t15-,17-,20+/m0/s1. The summed E-state index contributed by atoms with van der Waals surface area (Å²) in [5.41, 5.74) is 10.1. The predicted molar refractivity (Wildman–Crippen MR) is 139 cm³/mol. The quantitative estimate of drug-likeness (QED) is 0.0987. The van der Waals surface area contributed by atoms with E-state index >= 15 is 0 Å². The zero-order valence-electron chi connectivity index (χ0n) is 19.7. The number of esters is 1. The van der Waals surface area contributed by atoms with Gasteiger partial charge in [0.1, 0.15) is 17.4 Å². The number of carbonyl (C=O) groups is 1. The first-order valence-corrected chi connectivity index (χ1v) is 12.9. The van der Waals surface area contributed by atoms with E-state index in [-0.39, 0.29) is 29.8 Å². The molecule has 3 N–H and O–H groups in total. The SMILES string of the molecule is N=N/C(=N\N)c1ccc(N2C[C@@H]3C[C@H]2C[C@H]3OC(=O)c2c(-c3c(Cl)cccc3Cl)noc2C2CC2)cc1. The van der Waals surface area contributed by atoms with Crippen molar-refractivity contribution in [3.63, 3.8) is 0 Å². The number of carbonyl (C=O) groups excluding carboxylic acids is 1. The zero-order chi connectivity index (χ0) is 25.7. The average Bonchev–Trinajstić information content (AvgIpc) is 3.34. The Morgan fingerprint density at radius 2 is 1.86 bits per heavy atom. The van der Waals surface area contributed by atoms with E-state index in [1.54, 1.807) is 18.2 Å². The number of nitrogens with two attached hydrogens (primary N) is 1. The summed E-state index contributed by atoms with van der Waals surface area (Å²) in [4.78, 5) is 15.9. The number of nitrogens with one attached hydrogen (secondary N) is 1. The van der Waals surface area contributed by atoms with E-state index in [2.05, 4.69) is 20.3 Å². The molecule has 6 rings (SSSR count). The first kappa shape index (κ1) is 23.9. The molecule has 1 aliphatic heterocycles. The molecule has 2 bridgehead atoms. The van der Waals surface area contributed by atoms with Gasteiger partial charge in [0, 0.05) is 47.7 Å². The molecule has 2 aromatic carbocycles. The maximum absolute atomic E-state index is 13.6. The van der Waals surface area contributed by atoms with Crippen LogP contribution >= 0.6 is 23.2 Å². The highest BCUT2D eigenvalue weighted by Crippen LogP contribution is 2.47. The second-order valence-electron chi connectivity index (χ2n) is 9.73. The fraction of sp³-hybridized carbons (Fsp3) is 0.346.